The van der Waals surface area contributed by atoms with Gasteiger partial charge in [0.05, 0.1) is 12.2 Å². The summed E-state index contributed by atoms with van der Waals surface area (Å²) in [5.41, 5.74) is 0.338. The number of hydrogen-bond donors (Lipinski definition) is 2. The van der Waals surface area contributed by atoms with E-state index in [0.29, 0.717) is 14.2 Å². The molecule has 1 aromatic carbocycles. The molecule has 0 aromatic heterocycles. The number of hydrogen-bond acceptors (Lipinski definition) is 3. The molecular formula is C11H11ClINO4. The van der Waals surface area contributed by atoms with Crippen molar-refractivity contribution in [3.63, 3.8) is 0 Å². The highest BCUT2D eigenvalue weighted by Gasteiger charge is 2.21. The van der Waals surface area contributed by atoms with Crippen LogP contribution in [0.1, 0.15) is 10.4 Å². The first-order valence-electron chi connectivity index (χ1n) is 4.93. The highest BCUT2D eigenvalue weighted by Crippen LogP contribution is 2.17. The molecule has 0 spiro atoms. The van der Waals surface area contributed by atoms with Gasteiger partial charge in [-0.1, -0.05) is 11.6 Å². The predicted molar refractivity (Wildman–Crippen MR) is 74.9 cm³/mol. The van der Waals surface area contributed by atoms with Gasteiger partial charge >= 0.3 is 5.97 Å². The predicted octanol–water partition coefficient (Wildman–Crippen LogP) is 1.77. The summed E-state index contributed by atoms with van der Waals surface area (Å²) in [6.07, 6.45) is 0. The Morgan fingerprint density at radius 1 is 1.56 bits per heavy atom. The van der Waals surface area contributed by atoms with Gasteiger partial charge in [0.15, 0.2) is 6.04 Å². The highest BCUT2D eigenvalue weighted by molar-refractivity contribution is 14.1. The zero-order valence-electron chi connectivity index (χ0n) is 9.44. The second kappa shape index (κ2) is 6.91. The van der Waals surface area contributed by atoms with Crippen LogP contribution in [-0.4, -0.2) is 36.7 Å². The number of ether oxygens (including phenoxy) is 1. The Labute approximate surface area is 123 Å². The van der Waals surface area contributed by atoms with Crippen molar-refractivity contribution in [2.45, 2.75) is 6.04 Å². The molecule has 0 aliphatic carbocycles. The van der Waals surface area contributed by atoms with Crippen molar-refractivity contribution in [2.24, 2.45) is 0 Å². The van der Waals surface area contributed by atoms with Gasteiger partial charge in [-0.2, -0.15) is 0 Å². The van der Waals surface area contributed by atoms with Gasteiger partial charge in [-0.05, 0) is 40.8 Å². The van der Waals surface area contributed by atoms with Crippen molar-refractivity contribution in [3.8, 4) is 0 Å². The van der Waals surface area contributed by atoms with E-state index in [9.17, 15) is 9.59 Å². The summed E-state index contributed by atoms with van der Waals surface area (Å²) in [4.78, 5) is 22.8. The number of benzene rings is 1. The van der Waals surface area contributed by atoms with E-state index in [1.807, 2.05) is 22.6 Å². The molecule has 1 rings (SSSR count). The van der Waals surface area contributed by atoms with Crippen molar-refractivity contribution < 1.29 is 19.4 Å². The Hall–Kier alpha value is -0.860. The Balaban J connectivity index is 2.86. The number of carbonyl (C=O) groups is 2. The minimum Gasteiger partial charge on any atom is -0.480 e. The van der Waals surface area contributed by atoms with Crippen molar-refractivity contribution in [2.75, 3.05) is 13.7 Å². The summed E-state index contributed by atoms with van der Waals surface area (Å²) in [5, 5.41) is 11.7. The summed E-state index contributed by atoms with van der Waals surface area (Å²) in [6.45, 7) is -0.0990. The van der Waals surface area contributed by atoms with Crippen LogP contribution in [0.15, 0.2) is 18.2 Å². The van der Waals surface area contributed by atoms with Crippen molar-refractivity contribution in [1.29, 1.82) is 0 Å². The summed E-state index contributed by atoms with van der Waals surface area (Å²) >= 11 is 7.78. The SMILES string of the molecule is COCC(NC(=O)c1cc(Cl)ccc1I)C(=O)O. The molecule has 2 N–H and O–H groups in total. The van der Waals surface area contributed by atoms with E-state index in [4.69, 9.17) is 21.4 Å². The van der Waals surface area contributed by atoms with Gasteiger partial charge in [-0.3, -0.25) is 4.79 Å². The van der Waals surface area contributed by atoms with Gasteiger partial charge in [0.2, 0.25) is 0 Å². The average Bonchev–Trinajstić information content (AvgIpc) is 2.31. The second-order valence-electron chi connectivity index (χ2n) is 3.44. The normalized spacial score (nSPS) is 11.9. The molecule has 1 aromatic rings. The Kier molecular flexibility index (Phi) is 5.83. The number of amides is 1. The molecular weight excluding hydrogens is 372 g/mol. The molecule has 7 heteroatoms. The highest BCUT2D eigenvalue weighted by atomic mass is 127. The van der Waals surface area contributed by atoms with Crippen LogP contribution in [-0.2, 0) is 9.53 Å². The molecule has 0 saturated carbocycles. The molecule has 0 radical (unpaired) electrons. The number of carboxylic acids is 1. The largest absolute Gasteiger partial charge is 0.480 e. The van der Waals surface area contributed by atoms with Gasteiger partial charge in [-0.15, -0.1) is 0 Å². The maximum atomic E-state index is 11.9. The van der Waals surface area contributed by atoms with Gasteiger partial charge < -0.3 is 15.2 Å². The number of rotatable bonds is 5. The van der Waals surface area contributed by atoms with Gasteiger partial charge in [-0.25, -0.2) is 4.79 Å². The van der Waals surface area contributed by atoms with Crippen LogP contribution in [0, 0.1) is 3.57 Å². The smallest absolute Gasteiger partial charge is 0.328 e. The number of aliphatic carboxylic acids is 1. The lowest BCUT2D eigenvalue weighted by molar-refractivity contribution is -0.140. The van der Waals surface area contributed by atoms with E-state index < -0.39 is 17.9 Å². The standard InChI is InChI=1S/C11H11ClINO4/c1-18-5-9(11(16)17)14-10(15)7-4-6(12)2-3-8(7)13/h2-4,9H,5H2,1H3,(H,14,15)(H,16,17). The van der Waals surface area contributed by atoms with E-state index >= 15 is 0 Å². The van der Waals surface area contributed by atoms with E-state index in [0.717, 1.165) is 0 Å². The molecule has 1 amide bonds. The zero-order chi connectivity index (χ0) is 13.7. The lowest BCUT2D eigenvalue weighted by Gasteiger charge is -2.14. The lowest BCUT2D eigenvalue weighted by Crippen LogP contribution is -2.44. The van der Waals surface area contributed by atoms with Gasteiger partial charge in [0.1, 0.15) is 0 Å². The molecule has 0 fully saturated rings. The van der Waals surface area contributed by atoms with E-state index in [1.54, 1.807) is 12.1 Å². The van der Waals surface area contributed by atoms with Crippen molar-refractivity contribution in [1.82, 2.24) is 5.32 Å². The molecule has 0 aliphatic heterocycles. The third-order valence-corrected chi connectivity index (χ3v) is 3.29. The number of halogens is 2. The zero-order valence-corrected chi connectivity index (χ0v) is 12.4. The van der Waals surface area contributed by atoms with Crippen LogP contribution < -0.4 is 5.32 Å². The van der Waals surface area contributed by atoms with E-state index in [1.165, 1.54) is 13.2 Å². The maximum absolute atomic E-state index is 11.9. The van der Waals surface area contributed by atoms with Crippen LogP contribution in [0.25, 0.3) is 0 Å². The summed E-state index contributed by atoms with van der Waals surface area (Å²) in [7, 11) is 1.37. The second-order valence-corrected chi connectivity index (χ2v) is 5.04. The molecule has 98 valence electrons. The summed E-state index contributed by atoms with van der Waals surface area (Å²) in [6, 6.07) is 3.75. The molecule has 0 saturated heterocycles. The molecule has 5 nitrogen and oxygen atoms in total. The maximum Gasteiger partial charge on any atom is 0.328 e. The van der Waals surface area contributed by atoms with E-state index in [-0.39, 0.29) is 6.61 Å². The quantitative estimate of drug-likeness (QED) is 0.760. The topological polar surface area (TPSA) is 75.6 Å². The number of carbonyl (C=O) groups excluding carboxylic acids is 1. The molecule has 0 heterocycles. The third kappa shape index (κ3) is 4.11. The third-order valence-electron chi connectivity index (χ3n) is 2.11. The van der Waals surface area contributed by atoms with Gasteiger partial charge in [0.25, 0.3) is 5.91 Å². The summed E-state index contributed by atoms with van der Waals surface area (Å²) < 4.78 is 5.42. The van der Waals surface area contributed by atoms with Crippen LogP contribution in [0.3, 0.4) is 0 Å². The fraction of sp³-hybridized carbons (Fsp3) is 0.273. The van der Waals surface area contributed by atoms with Crippen molar-refractivity contribution in [3.05, 3.63) is 32.4 Å². The number of carboxylic acid groups (broad SMARTS) is 1. The first-order valence-corrected chi connectivity index (χ1v) is 6.39. The molecule has 1 atom stereocenters. The Bertz CT molecular complexity index is 466. The van der Waals surface area contributed by atoms with Crippen LogP contribution in [0.2, 0.25) is 5.02 Å². The molecule has 1 unspecified atom stereocenters. The lowest BCUT2D eigenvalue weighted by atomic mass is 10.2. The molecule has 0 bridgehead atoms. The average molecular weight is 384 g/mol. The molecule has 18 heavy (non-hydrogen) atoms. The molecule has 0 aliphatic rings. The Morgan fingerprint density at radius 2 is 2.22 bits per heavy atom. The van der Waals surface area contributed by atoms with Crippen LogP contribution in [0.5, 0.6) is 0 Å². The fourth-order valence-corrected chi connectivity index (χ4v) is 2.00. The number of nitrogens with one attached hydrogen (secondary N) is 1. The Morgan fingerprint density at radius 3 is 2.78 bits per heavy atom. The minimum absolute atomic E-state index is 0.0990. The minimum atomic E-state index is -1.15. The van der Waals surface area contributed by atoms with Crippen LogP contribution in [0.4, 0.5) is 0 Å². The summed E-state index contributed by atoms with van der Waals surface area (Å²) in [5.74, 6) is -1.64. The number of methoxy groups -OCH3 is 1. The van der Waals surface area contributed by atoms with Crippen LogP contribution >= 0.6 is 34.2 Å². The monoisotopic (exact) mass is 383 g/mol. The van der Waals surface area contributed by atoms with Crippen molar-refractivity contribution >= 4 is 46.1 Å². The van der Waals surface area contributed by atoms with Gasteiger partial charge in [0, 0.05) is 15.7 Å². The first kappa shape index (κ1) is 15.2. The first-order chi connectivity index (χ1) is 8.45. The van der Waals surface area contributed by atoms with E-state index in [2.05, 4.69) is 5.32 Å². The fourth-order valence-electron chi connectivity index (χ4n) is 1.25.